The van der Waals surface area contributed by atoms with E-state index in [-0.39, 0.29) is 29.5 Å². The second kappa shape index (κ2) is 11.5. The van der Waals surface area contributed by atoms with Crippen LogP contribution in [0.4, 0.5) is 32.0 Å². The minimum Gasteiger partial charge on any atom is -0.493 e. The number of nitrogens with two attached hydrogens (primary N) is 1. The molecule has 0 bridgehead atoms. The van der Waals surface area contributed by atoms with Crippen LogP contribution in [0.1, 0.15) is 39.0 Å². The number of carbonyl (C=O) groups is 2. The molecule has 2 heterocycles. The fourth-order valence-corrected chi connectivity index (χ4v) is 3.28. The predicted octanol–water partition coefficient (Wildman–Crippen LogP) is 5.25. The predicted molar refractivity (Wildman–Crippen MR) is 126 cm³/mol. The molecule has 1 aromatic carbocycles. The molecule has 2 amide bonds. The number of alkyl halides is 6. The molecule has 3 rings (SSSR count). The summed E-state index contributed by atoms with van der Waals surface area (Å²) < 4.78 is 98.9. The lowest BCUT2D eigenvalue weighted by Crippen LogP contribution is -2.21. The largest absolute Gasteiger partial charge is 0.573 e. The van der Waals surface area contributed by atoms with Crippen molar-refractivity contribution in [2.75, 3.05) is 19.0 Å². The van der Waals surface area contributed by atoms with E-state index in [4.69, 9.17) is 19.9 Å². The van der Waals surface area contributed by atoms with Crippen molar-refractivity contribution in [1.82, 2.24) is 9.97 Å². The van der Waals surface area contributed by atoms with Gasteiger partial charge in [-0.15, -0.1) is 13.2 Å². The van der Waals surface area contributed by atoms with Crippen molar-refractivity contribution in [3.8, 4) is 28.7 Å². The van der Waals surface area contributed by atoms with Crippen molar-refractivity contribution < 1.29 is 54.9 Å². The number of hydrogen-bond donors (Lipinski definition) is 2. The molecule has 0 fully saturated rings. The number of rotatable bonds is 9. The van der Waals surface area contributed by atoms with Gasteiger partial charge in [0.25, 0.3) is 11.8 Å². The Bertz CT molecular complexity index is 1430. The second-order valence-electron chi connectivity index (χ2n) is 7.77. The summed E-state index contributed by atoms with van der Waals surface area (Å²) in [5.74, 6) is -4.95. The molecule has 0 aliphatic carbocycles. The van der Waals surface area contributed by atoms with E-state index in [0.29, 0.717) is 11.8 Å². The number of aromatic nitrogens is 2. The molecule has 3 N–H and O–H groups in total. The SMILES string of the molecule is CCOc1c(C(F)(F)F)ncc(Oc2ccc(OC(F)(F)F)cc2OC)c1C(=O)Nc1cc(C(N)=O)ncc1C. The monoisotopic (exact) mass is 574 g/mol. The van der Waals surface area contributed by atoms with Crippen LogP contribution >= 0.6 is 0 Å². The van der Waals surface area contributed by atoms with Crippen molar-refractivity contribution in [3.05, 3.63) is 59.2 Å². The van der Waals surface area contributed by atoms with Gasteiger partial charge in [-0.05, 0) is 37.6 Å². The highest BCUT2D eigenvalue weighted by Crippen LogP contribution is 2.43. The number of nitrogens with one attached hydrogen (secondary N) is 1. The average molecular weight is 574 g/mol. The first kappa shape index (κ1) is 29.8. The molecule has 3 aromatic rings. The highest BCUT2D eigenvalue weighted by molar-refractivity contribution is 6.09. The molecule has 2 aromatic heterocycles. The van der Waals surface area contributed by atoms with Gasteiger partial charge in [0.15, 0.2) is 28.7 Å². The van der Waals surface area contributed by atoms with Crippen molar-refractivity contribution in [3.63, 3.8) is 0 Å². The third-order valence-corrected chi connectivity index (χ3v) is 4.98. The molecular weight excluding hydrogens is 554 g/mol. The molecule has 0 atom stereocenters. The molecular formula is C24H20F6N4O6. The van der Waals surface area contributed by atoms with Gasteiger partial charge in [-0.1, -0.05) is 0 Å². The van der Waals surface area contributed by atoms with E-state index in [2.05, 4.69) is 20.0 Å². The first-order valence-corrected chi connectivity index (χ1v) is 11.1. The Labute approximate surface area is 222 Å². The van der Waals surface area contributed by atoms with Crippen molar-refractivity contribution in [2.24, 2.45) is 5.73 Å². The number of hydrogen-bond acceptors (Lipinski definition) is 8. The van der Waals surface area contributed by atoms with Gasteiger partial charge in [-0.2, -0.15) is 13.2 Å². The zero-order valence-corrected chi connectivity index (χ0v) is 20.9. The molecule has 16 heteroatoms. The van der Waals surface area contributed by atoms with E-state index in [1.807, 2.05) is 0 Å². The molecule has 10 nitrogen and oxygen atoms in total. The van der Waals surface area contributed by atoms with E-state index in [1.54, 1.807) is 0 Å². The molecule has 0 unspecified atom stereocenters. The number of ether oxygens (including phenoxy) is 4. The smallest absolute Gasteiger partial charge is 0.493 e. The molecule has 214 valence electrons. The topological polar surface area (TPSA) is 135 Å². The van der Waals surface area contributed by atoms with Crippen LogP contribution in [0.15, 0.2) is 36.7 Å². The Kier molecular flexibility index (Phi) is 8.60. The van der Waals surface area contributed by atoms with E-state index in [1.165, 1.54) is 20.0 Å². The molecule has 0 aliphatic heterocycles. The molecule has 0 saturated carbocycles. The van der Waals surface area contributed by atoms with Crippen LogP contribution in [0, 0.1) is 6.92 Å². The van der Waals surface area contributed by atoms with Gasteiger partial charge in [0, 0.05) is 18.0 Å². The van der Waals surface area contributed by atoms with E-state index < -0.39 is 52.9 Å². The number of nitrogens with zero attached hydrogens (tertiary/aromatic N) is 2. The Morgan fingerprint density at radius 3 is 2.27 bits per heavy atom. The number of pyridine rings is 2. The lowest BCUT2D eigenvalue weighted by atomic mass is 10.1. The van der Waals surface area contributed by atoms with Crippen LogP contribution in [0.5, 0.6) is 28.7 Å². The summed E-state index contributed by atoms with van der Waals surface area (Å²) in [4.78, 5) is 32.1. The molecule has 0 spiro atoms. The summed E-state index contributed by atoms with van der Waals surface area (Å²) in [7, 11) is 1.09. The summed E-state index contributed by atoms with van der Waals surface area (Å²) in [6.07, 6.45) is -8.27. The number of benzene rings is 1. The standard InChI is InChI=1S/C24H20F6N4O6/c1-4-38-19-18(22(36)34-13-8-14(21(31)35)32-9-11(13)2)17(10-33-20(19)23(25,26)27)39-15-6-5-12(7-16(15)37-3)40-24(28,29)30/h5-10H,4H2,1-3H3,(H2,31,35)(H,32,34,36). The summed E-state index contributed by atoms with van der Waals surface area (Å²) in [6, 6.07) is 3.77. The molecule has 40 heavy (non-hydrogen) atoms. The minimum atomic E-state index is -5.06. The van der Waals surface area contributed by atoms with Crippen LogP contribution in [0.25, 0.3) is 0 Å². The van der Waals surface area contributed by atoms with Crippen LogP contribution in [-0.2, 0) is 6.18 Å². The van der Waals surface area contributed by atoms with Gasteiger partial charge in [-0.3, -0.25) is 14.6 Å². The number of anilines is 1. The van der Waals surface area contributed by atoms with E-state index in [9.17, 15) is 35.9 Å². The summed E-state index contributed by atoms with van der Waals surface area (Å²) >= 11 is 0. The number of halogens is 6. The Hall–Kier alpha value is -4.76. The molecule has 0 aliphatic rings. The quantitative estimate of drug-likeness (QED) is 0.331. The second-order valence-corrected chi connectivity index (χ2v) is 7.77. The maximum absolute atomic E-state index is 13.8. The molecule has 0 radical (unpaired) electrons. The summed E-state index contributed by atoms with van der Waals surface area (Å²) in [6.45, 7) is 2.54. The van der Waals surface area contributed by atoms with Gasteiger partial charge in [0.2, 0.25) is 0 Å². The number of amides is 2. The van der Waals surface area contributed by atoms with Crippen LogP contribution in [0.3, 0.4) is 0 Å². The van der Waals surface area contributed by atoms with E-state index in [0.717, 1.165) is 31.4 Å². The fourth-order valence-electron chi connectivity index (χ4n) is 3.28. The summed E-state index contributed by atoms with van der Waals surface area (Å²) in [5.41, 5.74) is 2.98. The number of methoxy groups -OCH3 is 1. The molecule has 0 saturated heterocycles. The van der Waals surface area contributed by atoms with Crippen molar-refractivity contribution in [1.29, 1.82) is 0 Å². The third kappa shape index (κ3) is 7.00. The zero-order chi connectivity index (χ0) is 29.8. The highest BCUT2D eigenvalue weighted by atomic mass is 19.4. The normalized spacial score (nSPS) is 11.5. The maximum Gasteiger partial charge on any atom is 0.573 e. The van der Waals surface area contributed by atoms with Crippen molar-refractivity contribution >= 4 is 17.5 Å². The Morgan fingerprint density at radius 2 is 1.70 bits per heavy atom. The first-order valence-electron chi connectivity index (χ1n) is 11.1. The zero-order valence-electron chi connectivity index (χ0n) is 20.9. The van der Waals surface area contributed by atoms with Gasteiger partial charge in [0.05, 0.1) is 19.9 Å². The number of carbonyl (C=O) groups excluding carboxylic acids is 2. The van der Waals surface area contributed by atoms with Crippen LogP contribution in [0.2, 0.25) is 0 Å². The van der Waals surface area contributed by atoms with Gasteiger partial charge < -0.3 is 30.0 Å². The Morgan fingerprint density at radius 1 is 1.00 bits per heavy atom. The fraction of sp³-hybridized carbons (Fsp3) is 0.250. The number of primary amides is 1. The van der Waals surface area contributed by atoms with E-state index >= 15 is 0 Å². The van der Waals surface area contributed by atoms with Crippen molar-refractivity contribution in [2.45, 2.75) is 26.4 Å². The lowest BCUT2D eigenvalue weighted by Gasteiger charge is -2.20. The number of aryl methyl sites for hydroxylation is 1. The summed E-state index contributed by atoms with van der Waals surface area (Å²) in [5, 5.41) is 2.37. The highest BCUT2D eigenvalue weighted by Gasteiger charge is 2.40. The van der Waals surface area contributed by atoms with Crippen LogP contribution in [-0.4, -0.2) is 41.9 Å². The lowest BCUT2D eigenvalue weighted by molar-refractivity contribution is -0.274. The van der Waals surface area contributed by atoms with Gasteiger partial charge >= 0.3 is 12.5 Å². The maximum atomic E-state index is 13.8. The van der Waals surface area contributed by atoms with Gasteiger partial charge in [0.1, 0.15) is 17.0 Å². The first-order chi connectivity index (χ1) is 18.6. The average Bonchev–Trinajstić information content (AvgIpc) is 2.84. The van der Waals surface area contributed by atoms with Crippen LogP contribution < -0.4 is 30.0 Å². The Balaban J connectivity index is 2.16. The van der Waals surface area contributed by atoms with Gasteiger partial charge in [-0.25, -0.2) is 4.98 Å². The minimum absolute atomic E-state index is 0.0150. The third-order valence-electron chi connectivity index (χ3n) is 4.98.